The average Bonchev–Trinajstić information content (AvgIpc) is 2.44. The van der Waals surface area contributed by atoms with E-state index < -0.39 is 0 Å². The molecule has 0 radical (unpaired) electrons. The number of halogens is 1. The maximum Gasteiger partial charge on any atom is 0.138 e. The molecular formula is C16H19BrN2OS. The molecule has 1 aromatic heterocycles. The van der Waals surface area contributed by atoms with Crippen LogP contribution >= 0.6 is 27.7 Å². The van der Waals surface area contributed by atoms with E-state index in [0.29, 0.717) is 0 Å². The fraction of sp³-hybridized carbons (Fsp3) is 0.312. The highest BCUT2D eigenvalue weighted by atomic mass is 79.9. The molecule has 0 bridgehead atoms. The molecule has 1 aromatic carbocycles. The Balaban J connectivity index is 1.98. The van der Waals surface area contributed by atoms with Crippen LogP contribution in [0.2, 0.25) is 0 Å². The van der Waals surface area contributed by atoms with E-state index in [0.717, 1.165) is 21.5 Å². The number of aromatic nitrogens is 1. The zero-order valence-corrected chi connectivity index (χ0v) is 14.5. The van der Waals surface area contributed by atoms with Gasteiger partial charge in [0.1, 0.15) is 5.75 Å². The summed E-state index contributed by atoms with van der Waals surface area (Å²) in [6.07, 6.45) is 3.66. The topological polar surface area (TPSA) is 48.1 Å². The second-order valence-corrected chi connectivity index (χ2v) is 7.00. The van der Waals surface area contributed by atoms with E-state index >= 15 is 0 Å². The third-order valence-corrected chi connectivity index (χ3v) is 4.37. The molecule has 21 heavy (non-hydrogen) atoms. The predicted octanol–water partition coefficient (Wildman–Crippen LogP) is 4.42. The largest absolute Gasteiger partial charge is 0.489 e. The van der Waals surface area contributed by atoms with E-state index in [4.69, 9.17) is 10.5 Å². The summed E-state index contributed by atoms with van der Waals surface area (Å²) >= 11 is 5.21. The van der Waals surface area contributed by atoms with Gasteiger partial charge in [-0.25, -0.2) is 0 Å². The first-order chi connectivity index (χ1) is 10.0. The van der Waals surface area contributed by atoms with Gasteiger partial charge in [-0.3, -0.25) is 4.98 Å². The molecule has 0 aliphatic rings. The molecule has 1 unspecified atom stereocenters. The second kappa shape index (κ2) is 7.82. The molecule has 0 aliphatic carbocycles. The quantitative estimate of drug-likeness (QED) is 0.768. The van der Waals surface area contributed by atoms with Gasteiger partial charge in [0.2, 0.25) is 0 Å². The van der Waals surface area contributed by atoms with Crippen molar-refractivity contribution in [1.82, 2.24) is 4.98 Å². The summed E-state index contributed by atoms with van der Waals surface area (Å²) in [5.74, 6) is 1.56. The van der Waals surface area contributed by atoms with Crippen molar-refractivity contribution in [2.45, 2.75) is 30.9 Å². The summed E-state index contributed by atoms with van der Waals surface area (Å²) < 4.78 is 6.73. The van der Waals surface area contributed by atoms with Gasteiger partial charge in [-0.2, -0.15) is 0 Å². The number of pyridine rings is 1. The van der Waals surface area contributed by atoms with Gasteiger partial charge >= 0.3 is 0 Å². The molecule has 0 spiro atoms. The first kappa shape index (κ1) is 16.3. The first-order valence-corrected chi connectivity index (χ1v) is 8.58. The summed E-state index contributed by atoms with van der Waals surface area (Å²) in [4.78, 5) is 5.40. The predicted molar refractivity (Wildman–Crippen MR) is 91.8 cm³/mol. The lowest BCUT2D eigenvalue weighted by molar-refractivity contribution is 0.241. The van der Waals surface area contributed by atoms with E-state index in [1.807, 2.05) is 32.0 Å². The third-order valence-electron chi connectivity index (χ3n) is 2.76. The smallest absolute Gasteiger partial charge is 0.138 e. The van der Waals surface area contributed by atoms with Crippen molar-refractivity contribution in [3.05, 3.63) is 52.8 Å². The van der Waals surface area contributed by atoms with Crippen LogP contribution in [0.4, 0.5) is 0 Å². The molecule has 1 heterocycles. The van der Waals surface area contributed by atoms with Crippen LogP contribution in [0.3, 0.4) is 0 Å². The van der Waals surface area contributed by atoms with Crippen molar-refractivity contribution in [2.75, 3.05) is 5.75 Å². The van der Waals surface area contributed by atoms with Crippen LogP contribution in [0.1, 0.15) is 25.5 Å². The van der Waals surface area contributed by atoms with Crippen molar-refractivity contribution in [3.63, 3.8) is 0 Å². The van der Waals surface area contributed by atoms with Crippen molar-refractivity contribution < 1.29 is 4.74 Å². The van der Waals surface area contributed by atoms with E-state index in [2.05, 4.69) is 33.0 Å². The Morgan fingerprint density at radius 3 is 2.81 bits per heavy atom. The van der Waals surface area contributed by atoms with Crippen LogP contribution < -0.4 is 10.5 Å². The molecule has 5 heteroatoms. The van der Waals surface area contributed by atoms with Crippen LogP contribution in [0.25, 0.3) is 0 Å². The lowest BCUT2D eigenvalue weighted by Crippen LogP contribution is -2.14. The highest BCUT2D eigenvalue weighted by Crippen LogP contribution is 2.26. The Bertz CT molecular complexity index is 592. The van der Waals surface area contributed by atoms with Gasteiger partial charge in [-0.1, -0.05) is 22.0 Å². The SMILES string of the molecule is CC(C)Oc1cncc(C(N)CSc2cccc(Br)c2)c1. The molecule has 2 N–H and O–H groups in total. The summed E-state index contributed by atoms with van der Waals surface area (Å²) in [5.41, 5.74) is 7.25. The number of ether oxygens (including phenoxy) is 1. The Hall–Kier alpha value is -1.04. The van der Waals surface area contributed by atoms with Crippen molar-refractivity contribution in [1.29, 1.82) is 0 Å². The molecule has 2 rings (SSSR count). The molecule has 0 amide bonds. The minimum Gasteiger partial charge on any atom is -0.489 e. The number of rotatable bonds is 6. The minimum absolute atomic E-state index is 0.0720. The molecule has 2 aromatic rings. The number of thioether (sulfide) groups is 1. The number of nitrogens with zero attached hydrogens (tertiary/aromatic N) is 1. The molecule has 1 atom stereocenters. The molecule has 0 aliphatic heterocycles. The molecule has 112 valence electrons. The summed E-state index contributed by atoms with van der Waals surface area (Å²) in [7, 11) is 0. The van der Waals surface area contributed by atoms with Crippen LogP contribution in [-0.2, 0) is 0 Å². The fourth-order valence-corrected chi connectivity index (χ4v) is 3.31. The first-order valence-electron chi connectivity index (χ1n) is 6.80. The number of benzene rings is 1. The van der Waals surface area contributed by atoms with Crippen molar-refractivity contribution >= 4 is 27.7 Å². The van der Waals surface area contributed by atoms with E-state index in [-0.39, 0.29) is 12.1 Å². The molecular weight excluding hydrogens is 348 g/mol. The zero-order valence-electron chi connectivity index (χ0n) is 12.1. The van der Waals surface area contributed by atoms with E-state index in [1.165, 1.54) is 4.90 Å². The highest BCUT2D eigenvalue weighted by Gasteiger charge is 2.09. The fourth-order valence-electron chi connectivity index (χ4n) is 1.81. The molecule has 0 saturated heterocycles. The Morgan fingerprint density at radius 1 is 1.29 bits per heavy atom. The maximum atomic E-state index is 6.25. The van der Waals surface area contributed by atoms with Gasteiger partial charge in [0.05, 0.1) is 12.3 Å². The van der Waals surface area contributed by atoms with Gasteiger partial charge in [0.25, 0.3) is 0 Å². The summed E-state index contributed by atoms with van der Waals surface area (Å²) in [5, 5.41) is 0. The lowest BCUT2D eigenvalue weighted by atomic mass is 10.1. The summed E-state index contributed by atoms with van der Waals surface area (Å²) in [6, 6.07) is 10.1. The van der Waals surface area contributed by atoms with Crippen LogP contribution in [0, 0.1) is 0 Å². The maximum absolute atomic E-state index is 6.25. The monoisotopic (exact) mass is 366 g/mol. The lowest BCUT2D eigenvalue weighted by Gasteiger charge is -2.14. The Morgan fingerprint density at radius 2 is 2.10 bits per heavy atom. The Labute approximate surface area is 138 Å². The standard InChI is InChI=1S/C16H19BrN2OS/c1-11(2)20-14-6-12(8-19-9-14)16(18)10-21-15-5-3-4-13(17)7-15/h3-9,11,16H,10,18H2,1-2H3. The van der Waals surface area contributed by atoms with E-state index in [9.17, 15) is 0 Å². The van der Waals surface area contributed by atoms with E-state index in [1.54, 1.807) is 24.2 Å². The third kappa shape index (κ3) is 5.34. The van der Waals surface area contributed by atoms with Crippen LogP contribution in [0.15, 0.2) is 52.1 Å². The molecule has 0 saturated carbocycles. The minimum atomic E-state index is -0.0720. The number of hydrogen-bond donors (Lipinski definition) is 1. The zero-order chi connectivity index (χ0) is 15.2. The van der Waals surface area contributed by atoms with Gasteiger partial charge in [-0.05, 0) is 43.7 Å². The number of nitrogens with two attached hydrogens (primary N) is 1. The molecule has 3 nitrogen and oxygen atoms in total. The molecule has 0 fully saturated rings. The number of hydrogen-bond acceptors (Lipinski definition) is 4. The summed E-state index contributed by atoms with van der Waals surface area (Å²) in [6.45, 7) is 3.99. The van der Waals surface area contributed by atoms with Crippen molar-refractivity contribution in [2.24, 2.45) is 5.73 Å². The highest BCUT2D eigenvalue weighted by molar-refractivity contribution is 9.10. The van der Waals surface area contributed by atoms with Gasteiger partial charge < -0.3 is 10.5 Å². The second-order valence-electron chi connectivity index (χ2n) is 5.00. The van der Waals surface area contributed by atoms with Gasteiger partial charge in [-0.15, -0.1) is 11.8 Å². The normalized spacial score (nSPS) is 12.4. The van der Waals surface area contributed by atoms with Gasteiger partial charge in [0.15, 0.2) is 0 Å². The Kier molecular flexibility index (Phi) is 6.08. The van der Waals surface area contributed by atoms with Crippen LogP contribution in [-0.4, -0.2) is 16.8 Å². The van der Waals surface area contributed by atoms with Crippen LogP contribution in [0.5, 0.6) is 5.75 Å². The van der Waals surface area contributed by atoms with Gasteiger partial charge in [0, 0.05) is 27.4 Å². The van der Waals surface area contributed by atoms with Crippen molar-refractivity contribution in [3.8, 4) is 5.75 Å². The average molecular weight is 367 g/mol.